The van der Waals surface area contributed by atoms with Crippen LogP contribution in [-0.4, -0.2) is 46.2 Å². The molecule has 0 bridgehead atoms. The Morgan fingerprint density at radius 2 is 1.88 bits per heavy atom. The normalized spacial score (nSPS) is 17.5. The molecule has 0 saturated carbocycles. The number of carbonyl (C=O) groups is 1. The van der Waals surface area contributed by atoms with Crippen molar-refractivity contribution in [2.75, 3.05) is 17.3 Å². The molecule has 1 aliphatic heterocycles. The third-order valence-electron chi connectivity index (χ3n) is 6.00. The molecule has 1 fully saturated rings. The molecule has 0 aliphatic carbocycles. The van der Waals surface area contributed by atoms with Gasteiger partial charge in [-0.1, -0.05) is 60.3 Å². The predicted octanol–water partition coefficient (Wildman–Crippen LogP) is 4.18. The van der Waals surface area contributed by atoms with Crippen LogP contribution < -0.4 is 0 Å². The standard InChI is InChI=1S/C24H23N3O4S2/c1-27-19-10-6-5-9-18(19)22(23(27)17-7-3-2-4-8-17)20(28)14-32-24-26-25-21(31-24)13-16-11-12-33(29,30)15-16/h2-10,16H,11-15H2,1H3/t16-/m1/s1. The average molecular weight is 482 g/mol. The number of hydrogen-bond donors (Lipinski definition) is 0. The fraction of sp³-hybridized carbons (Fsp3) is 0.292. The van der Waals surface area contributed by atoms with E-state index in [-0.39, 0.29) is 29.0 Å². The van der Waals surface area contributed by atoms with Crippen LogP contribution >= 0.6 is 11.8 Å². The van der Waals surface area contributed by atoms with Gasteiger partial charge in [0.1, 0.15) is 0 Å². The Kier molecular flexibility index (Phi) is 5.84. The van der Waals surface area contributed by atoms with E-state index in [0.717, 1.165) is 22.2 Å². The molecule has 0 radical (unpaired) electrons. The SMILES string of the molecule is Cn1c(-c2ccccc2)c(C(=O)CSc2nnc(C[C@H]3CCS(=O)(=O)C3)o2)c2ccccc21. The summed E-state index contributed by atoms with van der Waals surface area (Å²) >= 11 is 1.21. The maximum Gasteiger partial charge on any atom is 0.277 e. The second kappa shape index (κ2) is 8.79. The molecule has 3 heterocycles. The minimum atomic E-state index is -2.95. The lowest BCUT2D eigenvalue weighted by molar-refractivity contribution is 0.102. The van der Waals surface area contributed by atoms with E-state index in [1.165, 1.54) is 11.8 Å². The number of rotatable bonds is 7. The minimum Gasteiger partial charge on any atom is -0.416 e. The molecule has 0 spiro atoms. The van der Waals surface area contributed by atoms with Gasteiger partial charge in [0.15, 0.2) is 15.6 Å². The number of benzene rings is 2. The van der Waals surface area contributed by atoms with Gasteiger partial charge < -0.3 is 8.98 Å². The van der Waals surface area contributed by atoms with Crippen LogP contribution in [0.2, 0.25) is 0 Å². The van der Waals surface area contributed by atoms with Crippen molar-refractivity contribution in [2.45, 2.75) is 18.1 Å². The van der Waals surface area contributed by atoms with Gasteiger partial charge in [-0.3, -0.25) is 4.79 Å². The smallest absolute Gasteiger partial charge is 0.277 e. The molecular formula is C24H23N3O4S2. The number of sulfone groups is 1. The van der Waals surface area contributed by atoms with Gasteiger partial charge in [-0.05, 0) is 24.0 Å². The van der Waals surface area contributed by atoms with Gasteiger partial charge in [0.25, 0.3) is 5.22 Å². The zero-order valence-corrected chi connectivity index (χ0v) is 19.7. The van der Waals surface area contributed by atoms with Crippen molar-refractivity contribution in [2.24, 2.45) is 13.0 Å². The molecular weight excluding hydrogens is 458 g/mol. The first-order valence-corrected chi connectivity index (χ1v) is 13.5. The zero-order chi connectivity index (χ0) is 23.0. The first-order valence-electron chi connectivity index (χ1n) is 10.7. The van der Waals surface area contributed by atoms with E-state index in [4.69, 9.17) is 4.42 Å². The molecule has 0 N–H and O–H groups in total. The molecule has 7 nitrogen and oxygen atoms in total. The number of ketones is 1. The summed E-state index contributed by atoms with van der Waals surface area (Å²) in [6, 6.07) is 17.8. The van der Waals surface area contributed by atoms with Gasteiger partial charge in [-0.25, -0.2) is 8.42 Å². The second-order valence-corrected chi connectivity index (χ2v) is 11.5. The van der Waals surface area contributed by atoms with E-state index >= 15 is 0 Å². The van der Waals surface area contributed by atoms with Gasteiger partial charge in [0, 0.05) is 24.4 Å². The number of Topliss-reactive ketones (excluding diaryl/α,β-unsaturated/α-hetero) is 1. The zero-order valence-electron chi connectivity index (χ0n) is 18.1. The number of hydrogen-bond acceptors (Lipinski definition) is 7. The van der Waals surface area contributed by atoms with Crippen molar-refractivity contribution in [1.82, 2.24) is 14.8 Å². The molecule has 33 heavy (non-hydrogen) atoms. The second-order valence-electron chi connectivity index (χ2n) is 8.31. The summed E-state index contributed by atoms with van der Waals surface area (Å²) in [4.78, 5) is 13.4. The molecule has 9 heteroatoms. The molecule has 1 saturated heterocycles. The van der Waals surface area contributed by atoms with Gasteiger partial charge in [0.05, 0.1) is 28.5 Å². The Bertz CT molecular complexity index is 1420. The van der Waals surface area contributed by atoms with E-state index in [2.05, 4.69) is 14.8 Å². The van der Waals surface area contributed by atoms with Crippen molar-refractivity contribution in [1.29, 1.82) is 0 Å². The van der Waals surface area contributed by atoms with Crippen molar-refractivity contribution >= 4 is 38.3 Å². The highest BCUT2D eigenvalue weighted by Gasteiger charge is 2.29. The molecule has 170 valence electrons. The van der Waals surface area contributed by atoms with Gasteiger partial charge in [0.2, 0.25) is 5.89 Å². The van der Waals surface area contributed by atoms with Gasteiger partial charge >= 0.3 is 0 Å². The van der Waals surface area contributed by atoms with E-state index in [0.29, 0.717) is 29.5 Å². The Balaban J connectivity index is 1.36. The average Bonchev–Trinajstić information content (AvgIpc) is 3.49. The summed E-state index contributed by atoms with van der Waals surface area (Å²) in [7, 11) is -0.971. The molecule has 5 rings (SSSR count). The predicted molar refractivity (Wildman–Crippen MR) is 128 cm³/mol. The van der Waals surface area contributed by atoms with Gasteiger partial charge in [-0.2, -0.15) is 0 Å². The third kappa shape index (κ3) is 4.47. The summed E-state index contributed by atoms with van der Waals surface area (Å²) in [6.07, 6.45) is 1.07. The monoisotopic (exact) mass is 481 g/mol. The molecule has 2 aromatic heterocycles. The highest BCUT2D eigenvalue weighted by atomic mass is 32.2. The lowest BCUT2D eigenvalue weighted by Gasteiger charge is -2.07. The largest absolute Gasteiger partial charge is 0.416 e. The summed E-state index contributed by atoms with van der Waals surface area (Å²) < 4.78 is 31.1. The Morgan fingerprint density at radius 3 is 2.64 bits per heavy atom. The van der Waals surface area contributed by atoms with E-state index in [1.807, 2.05) is 61.6 Å². The number of para-hydroxylation sites is 1. The number of nitrogens with zero attached hydrogens (tertiary/aromatic N) is 3. The maximum absolute atomic E-state index is 13.4. The van der Waals surface area contributed by atoms with Crippen LogP contribution in [0.15, 0.2) is 64.2 Å². The van der Waals surface area contributed by atoms with Crippen LogP contribution in [0.3, 0.4) is 0 Å². The molecule has 2 aromatic carbocycles. The molecule has 1 atom stereocenters. The fourth-order valence-corrected chi connectivity index (χ4v) is 6.98. The highest BCUT2D eigenvalue weighted by Crippen LogP contribution is 2.34. The highest BCUT2D eigenvalue weighted by molar-refractivity contribution is 7.99. The summed E-state index contributed by atoms with van der Waals surface area (Å²) in [5.41, 5.74) is 3.55. The maximum atomic E-state index is 13.4. The molecule has 1 aliphatic rings. The Labute approximate surface area is 196 Å². The summed E-state index contributed by atoms with van der Waals surface area (Å²) in [5, 5.41) is 9.33. The van der Waals surface area contributed by atoms with Crippen LogP contribution in [0.25, 0.3) is 22.2 Å². The van der Waals surface area contributed by atoms with Crippen LogP contribution in [0, 0.1) is 5.92 Å². The van der Waals surface area contributed by atoms with Crippen LogP contribution in [0.1, 0.15) is 22.7 Å². The topological polar surface area (TPSA) is 95.1 Å². The Hall–Kier alpha value is -2.91. The van der Waals surface area contributed by atoms with Crippen molar-refractivity contribution < 1.29 is 17.6 Å². The number of fused-ring (bicyclic) bond motifs is 1. The third-order valence-corrected chi connectivity index (χ3v) is 8.65. The number of thioether (sulfide) groups is 1. The summed E-state index contributed by atoms with van der Waals surface area (Å²) in [6.45, 7) is 0. The quantitative estimate of drug-likeness (QED) is 0.289. The lowest BCUT2D eigenvalue weighted by atomic mass is 10.0. The van der Waals surface area contributed by atoms with Crippen molar-refractivity contribution in [3.8, 4) is 11.3 Å². The molecule has 0 amide bonds. The number of aryl methyl sites for hydroxylation is 1. The fourth-order valence-electron chi connectivity index (χ4n) is 4.47. The van der Waals surface area contributed by atoms with Crippen LogP contribution in [0.5, 0.6) is 0 Å². The number of aromatic nitrogens is 3. The number of carbonyl (C=O) groups excluding carboxylic acids is 1. The summed E-state index contributed by atoms with van der Waals surface area (Å²) in [5.74, 6) is 0.961. The van der Waals surface area contributed by atoms with E-state index in [9.17, 15) is 13.2 Å². The van der Waals surface area contributed by atoms with Gasteiger partial charge in [-0.15, -0.1) is 10.2 Å². The van der Waals surface area contributed by atoms with Crippen LogP contribution in [-0.2, 0) is 23.3 Å². The van der Waals surface area contributed by atoms with Crippen molar-refractivity contribution in [3.63, 3.8) is 0 Å². The first kappa shape index (κ1) is 21.9. The van der Waals surface area contributed by atoms with E-state index < -0.39 is 9.84 Å². The lowest BCUT2D eigenvalue weighted by Crippen LogP contribution is -2.07. The Morgan fingerprint density at radius 1 is 1.12 bits per heavy atom. The molecule has 4 aromatic rings. The first-order chi connectivity index (χ1) is 15.9. The van der Waals surface area contributed by atoms with E-state index in [1.54, 1.807) is 0 Å². The van der Waals surface area contributed by atoms with Crippen molar-refractivity contribution in [3.05, 3.63) is 66.1 Å². The molecule has 0 unspecified atom stereocenters. The minimum absolute atomic E-state index is 0.0130. The van der Waals surface area contributed by atoms with Crippen LogP contribution in [0.4, 0.5) is 0 Å².